The van der Waals surface area contributed by atoms with E-state index >= 15 is 0 Å². The molecule has 0 aliphatic heterocycles. The Hall–Kier alpha value is -1.68. The standard InChI is InChI=1S/C19H26F3N5S2/c1-2-23-18(25-11-9-16-27-15(12-28-16)19(20,21)22)24-10-5-8-17-26-13-6-3-4-7-14(13)29-17/h12H,2-11H2,1H3,(H2,23,24,25). The molecule has 1 aliphatic carbocycles. The van der Waals surface area contributed by atoms with Gasteiger partial charge in [-0.3, -0.25) is 4.99 Å². The number of aliphatic imine (C=N–C) groups is 1. The number of aryl methyl sites for hydroxylation is 3. The molecule has 0 bridgehead atoms. The van der Waals surface area contributed by atoms with Gasteiger partial charge in [-0.2, -0.15) is 13.2 Å². The molecule has 3 rings (SSSR count). The van der Waals surface area contributed by atoms with Crippen LogP contribution in [0.2, 0.25) is 0 Å². The van der Waals surface area contributed by atoms with Crippen molar-refractivity contribution in [3.63, 3.8) is 0 Å². The molecule has 2 aromatic heterocycles. The van der Waals surface area contributed by atoms with Crippen LogP contribution >= 0.6 is 22.7 Å². The number of hydrogen-bond acceptors (Lipinski definition) is 5. The van der Waals surface area contributed by atoms with E-state index in [4.69, 9.17) is 4.98 Å². The minimum atomic E-state index is -4.38. The van der Waals surface area contributed by atoms with Gasteiger partial charge in [0.25, 0.3) is 0 Å². The maximum Gasteiger partial charge on any atom is 0.434 e. The molecular formula is C19H26F3N5S2. The summed E-state index contributed by atoms with van der Waals surface area (Å²) in [6, 6.07) is 0. The molecule has 2 heterocycles. The van der Waals surface area contributed by atoms with Gasteiger partial charge in [-0.25, -0.2) is 9.97 Å². The largest absolute Gasteiger partial charge is 0.434 e. The Morgan fingerprint density at radius 2 is 1.97 bits per heavy atom. The number of thiazole rings is 2. The highest BCUT2D eigenvalue weighted by molar-refractivity contribution is 7.11. The van der Waals surface area contributed by atoms with Crippen LogP contribution in [0.15, 0.2) is 10.4 Å². The van der Waals surface area contributed by atoms with Crippen molar-refractivity contribution < 1.29 is 13.2 Å². The fraction of sp³-hybridized carbons (Fsp3) is 0.632. The first-order valence-electron chi connectivity index (χ1n) is 9.97. The summed E-state index contributed by atoms with van der Waals surface area (Å²) in [4.78, 5) is 14.4. The Bertz CT molecular complexity index is 790. The summed E-state index contributed by atoms with van der Waals surface area (Å²) in [5.74, 6) is 0.679. The lowest BCUT2D eigenvalue weighted by Crippen LogP contribution is -2.38. The van der Waals surface area contributed by atoms with E-state index in [1.54, 1.807) is 0 Å². The summed E-state index contributed by atoms with van der Waals surface area (Å²) in [5, 5.41) is 9.06. The van der Waals surface area contributed by atoms with Gasteiger partial charge in [0.1, 0.15) is 0 Å². The van der Waals surface area contributed by atoms with Crippen molar-refractivity contribution >= 4 is 28.6 Å². The van der Waals surface area contributed by atoms with E-state index in [9.17, 15) is 13.2 Å². The predicted molar refractivity (Wildman–Crippen MR) is 112 cm³/mol. The van der Waals surface area contributed by atoms with Crippen molar-refractivity contribution in [2.75, 3.05) is 19.6 Å². The van der Waals surface area contributed by atoms with E-state index in [0.29, 0.717) is 30.5 Å². The number of alkyl halides is 3. The van der Waals surface area contributed by atoms with Crippen LogP contribution in [0, 0.1) is 0 Å². The lowest BCUT2D eigenvalue weighted by atomic mass is 10.0. The molecule has 2 aromatic rings. The first-order chi connectivity index (χ1) is 14.0. The van der Waals surface area contributed by atoms with Crippen LogP contribution in [0.25, 0.3) is 0 Å². The fourth-order valence-electron chi connectivity index (χ4n) is 3.12. The lowest BCUT2D eigenvalue weighted by molar-refractivity contribution is -0.140. The molecule has 1 aliphatic rings. The Labute approximate surface area is 176 Å². The van der Waals surface area contributed by atoms with Gasteiger partial charge in [0.15, 0.2) is 11.7 Å². The highest BCUT2D eigenvalue weighted by Gasteiger charge is 2.33. The third-order valence-electron chi connectivity index (χ3n) is 4.53. The van der Waals surface area contributed by atoms with E-state index in [0.717, 1.165) is 42.5 Å². The molecule has 0 saturated heterocycles. The molecule has 0 unspecified atom stereocenters. The summed E-state index contributed by atoms with van der Waals surface area (Å²) >= 11 is 2.88. The molecule has 0 atom stereocenters. The molecule has 2 N–H and O–H groups in total. The van der Waals surface area contributed by atoms with Gasteiger partial charge in [-0.1, -0.05) is 0 Å². The first-order valence-corrected chi connectivity index (χ1v) is 11.7. The Balaban J connectivity index is 1.42. The zero-order valence-electron chi connectivity index (χ0n) is 16.4. The average molecular weight is 446 g/mol. The van der Waals surface area contributed by atoms with Gasteiger partial charge in [0.05, 0.1) is 15.7 Å². The summed E-state index contributed by atoms with van der Waals surface area (Å²) in [6.07, 6.45) is 2.70. The van der Waals surface area contributed by atoms with E-state index in [-0.39, 0.29) is 0 Å². The van der Waals surface area contributed by atoms with Crippen molar-refractivity contribution in [1.29, 1.82) is 0 Å². The predicted octanol–water partition coefficient (Wildman–Crippen LogP) is 4.23. The maximum absolute atomic E-state index is 12.6. The van der Waals surface area contributed by atoms with Crippen molar-refractivity contribution in [2.45, 2.75) is 58.0 Å². The van der Waals surface area contributed by atoms with Crippen LogP contribution in [-0.2, 0) is 31.9 Å². The topological polar surface area (TPSA) is 62.2 Å². The molecule has 5 nitrogen and oxygen atoms in total. The van der Waals surface area contributed by atoms with Crippen molar-refractivity contribution in [3.8, 4) is 0 Å². The third kappa shape index (κ3) is 6.67. The molecule has 0 spiro atoms. The number of nitrogens with zero attached hydrogens (tertiary/aromatic N) is 3. The molecule has 29 heavy (non-hydrogen) atoms. The van der Waals surface area contributed by atoms with Crippen molar-refractivity contribution in [3.05, 3.63) is 31.7 Å². The van der Waals surface area contributed by atoms with Gasteiger partial charge >= 0.3 is 6.18 Å². The van der Waals surface area contributed by atoms with E-state index in [1.807, 2.05) is 18.3 Å². The van der Waals surface area contributed by atoms with E-state index in [1.165, 1.54) is 34.8 Å². The Morgan fingerprint density at radius 3 is 2.69 bits per heavy atom. The second kappa shape index (κ2) is 10.4. The molecule has 0 saturated carbocycles. The molecular weight excluding hydrogens is 419 g/mol. The van der Waals surface area contributed by atoms with Gasteiger partial charge in [0.2, 0.25) is 0 Å². The van der Waals surface area contributed by atoms with Crippen LogP contribution in [0.1, 0.15) is 52.5 Å². The second-order valence-electron chi connectivity index (χ2n) is 6.85. The van der Waals surface area contributed by atoms with Crippen LogP contribution in [0.4, 0.5) is 13.2 Å². The molecule has 0 radical (unpaired) electrons. The lowest BCUT2D eigenvalue weighted by Gasteiger charge is -2.10. The van der Waals surface area contributed by atoms with Crippen molar-refractivity contribution in [1.82, 2.24) is 20.6 Å². The summed E-state index contributed by atoms with van der Waals surface area (Å²) in [5.41, 5.74) is 0.479. The van der Waals surface area contributed by atoms with Crippen LogP contribution in [-0.4, -0.2) is 35.6 Å². The molecule has 0 amide bonds. The van der Waals surface area contributed by atoms with Gasteiger partial charge in [-0.05, 0) is 39.0 Å². The quantitative estimate of drug-likeness (QED) is 0.363. The minimum Gasteiger partial charge on any atom is -0.357 e. The highest BCUT2D eigenvalue weighted by Crippen LogP contribution is 2.30. The number of halogens is 3. The number of hydrogen-bond donors (Lipinski definition) is 2. The van der Waals surface area contributed by atoms with E-state index < -0.39 is 11.9 Å². The molecule has 160 valence electrons. The minimum absolute atomic E-state index is 0.426. The van der Waals surface area contributed by atoms with Gasteiger partial charge in [-0.15, -0.1) is 22.7 Å². The average Bonchev–Trinajstić information content (AvgIpc) is 3.31. The third-order valence-corrected chi connectivity index (χ3v) is 6.65. The monoisotopic (exact) mass is 445 g/mol. The Kier molecular flexibility index (Phi) is 7.88. The number of nitrogens with one attached hydrogen (secondary N) is 2. The number of aromatic nitrogens is 2. The zero-order chi connectivity index (χ0) is 20.7. The molecule has 0 fully saturated rings. The van der Waals surface area contributed by atoms with Crippen LogP contribution < -0.4 is 10.6 Å². The number of rotatable bonds is 8. The molecule has 10 heteroatoms. The van der Waals surface area contributed by atoms with Crippen molar-refractivity contribution in [2.24, 2.45) is 4.99 Å². The maximum atomic E-state index is 12.6. The van der Waals surface area contributed by atoms with Gasteiger partial charge in [0, 0.05) is 42.7 Å². The summed E-state index contributed by atoms with van der Waals surface area (Å²) < 4.78 is 37.8. The summed E-state index contributed by atoms with van der Waals surface area (Å²) in [6.45, 7) is 3.86. The normalized spacial score (nSPS) is 14.7. The zero-order valence-corrected chi connectivity index (χ0v) is 18.1. The van der Waals surface area contributed by atoms with E-state index in [2.05, 4.69) is 20.6 Å². The second-order valence-corrected chi connectivity index (χ2v) is 8.96. The fourth-order valence-corrected chi connectivity index (χ4v) is 5.12. The van der Waals surface area contributed by atoms with Crippen LogP contribution in [0.5, 0.6) is 0 Å². The number of fused-ring (bicyclic) bond motifs is 1. The van der Waals surface area contributed by atoms with Crippen LogP contribution in [0.3, 0.4) is 0 Å². The first kappa shape index (κ1) is 22.0. The SMILES string of the molecule is CCNC(=NCCCc1nc2c(s1)CCCC2)NCCc1nc(C(F)(F)F)cs1. The smallest absolute Gasteiger partial charge is 0.357 e. The number of guanidine groups is 1. The summed E-state index contributed by atoms with van der Waals surface area (Å²) in [7, 11) is 0. The van der Waals surface area contributed by atoms with Gasteiger partial charge < -0.3 is 10.6 Å². The molecule has 0 aromatic carbocycles. The highest BCUT2D eigenvalue weighted by atomic mass is 32.1. The Morgan fingerprint density at radius 1 is 1.14 bits per heavy atom.